The molecule has 4 aliphatic heterocycles. The number of nitrogens with one attached hydrogen (secondary N) is 1. The Bertz CT molecular complexity index is 872. The number of likely N-dealkylation sites (tertiary alicyclic amines) is 2. The molecule has 0 radical (unpaired) electrons. The summed E-state index contributed by atoms with van der Waals surface area (Å²) in [7, 11) is 1.57. The van der Waals surface area contributed by atoms with Gasteiger partial charge in [0, 0.05) is 38.6 Å². The molecule has 5 atom stereocenters. The first-order valence-corrected chi connectivity index (χ1v) is 13.2. The third kappa shape index (κ3) is 6.53. The highest BCUT2D eigenvalue weighted by Crippen LogP contribution is 2.39. The molecule has 0 saturated carbocycles. The van der Waals surface area contributed by atoms with E-state index < -0.39 is 36.5 Å². The van der Waals surface area contributed by atoms with Gasteiger partial charge in [-0.25, -0.2) is 11.4 Å². The van der Waals surface area contributed by atoms with E-state index in [-0.39, 0.29) is 37.3 Å². The Morgan fingerprint density at radius 3 is 2.62 bits per heavy atom. The summed E-state index contributed by atoms with van der Waals surface area (Å²) in [4.78, 5) is 34.1. The number of likely N-dealkylation sites (N-methyl/N-ethyl adjacent to an activating group) is 1. The van der Waals surface area contributed by atoms with Gasteiger partial charge in [0.05, 0.1) is 13.2 Å². The number of carbonyl (C=O) groups excluding carboxylic acids is 2. The van der Waals surface area contributed by atoms with Gasteiger partial charge in [0.2, 0.25) is 5.91 Å². The first kappa shape index (κ1) is 28.0. The number of fused-ring (bicyclic) bond motifs is 1. The van der Waals surface area contributed by atoms with Crippen molar-refractivity contribution in [1.29, 1.82) is 0 Å². The van der Waals surface area contributed by atoms with Crippen LogP contribution in [0, 0.1) is 6.57 Å². The fraction of sp³-hybridized carbons (Fsp3) is 0.880. The predicted molar refractivity (Wildman–Crippen MR) is 132 cm³/mol. The molecule has 4 rings (SSSR count). The van der Waals surface area contributed by atoms with Crippen LogP contribution >= 0.6 is 0 Å². The van der Waals surface area contributed by atoms with Crippen LogP contribution in [0.5, 0.6) is 0 Å². The lowest BCUT2D eigenvalue weighted by Gasteiger charge is -2.41. The molecule has 4 aliphatic rings. The summed E-state index contributed by atoms with van der Waals surface area (Å²) in [6, 6.07) is 0. The van der Waals surface area contributed by atoms with Crippen LogP contribution in [-0.4, -0.2) is 127 Å². The van der Waals surface area contributed by atoms with Crippen LogP contribution in [0.25, 0.3) is 4.85 Å². The van der Waals surface area contributed by atoms with Gasteiger partial charge in [-0.15, -0.1) is 0 Å². The van der Waals surface area contributed by atoms with Gasteiger partial charge in [0.1, 0.15) is 6.10 Å². The smallest absolute Gasteiger partial charge is 0.410 e. The second-order valence-corrected chi connectivity index (χ2v) is 11.2. The lowest BCUT2D eigenvalue weighted by molar-refractivity contribution is -0.217. The van der Waals surface area contributed by atoms with Crippen LogP contribution in [0.2, 0.25) is 0 Å². The molecule has 2 N–H and O–H groups in total. The number of ether oxygens (including phenoxy) is 4. The standard InChI is InChI=1S/C25H41N5O7/c1-24(2)36-21-20(35-23(33)28(5)13-14-31)17(34-22(21)37-24)16-29-11-8-25(3,9-12-29)27-15-19(32)30-10-6-7-18(30)26-4/h17-18,20-22,27,31H,6-16H2,1-3,5H3/t17-,18+,20+,21-,22-/m1/s1. The first-order valence-electron chi connectivity index (χ1n) is 13.2. The highest BCUT2D eigenvalue weighted by molar-refractivity contribution is 5.79. The zero-order valence-corrected chi connectivity index (χ0v) is 22.4. The average Bonchev–Trinajstić information content (AvgIpc) is 3.53. The monoisotopic (exact) mass is 523 g/mol. The van der Waals surface area contributed by atoms with Crippen molar-refractivity contribution in [2.24, 2.45) is 0 Å². The summed E-state index contributed by atoms with van der Waals surface area (Å²) in [5.74, 6) is -0.839. The molecule has 12 nitrogen and oxygen atoms in total. The molecule has 0 bridgehead atoms. The van der Waals surface area contributed by atoms with Gasteiger partial charge in [0.25, 0.3) is 0 Å². The molecule has 0 aromatic rings. The van der Waals surface area contributed by atoms with Crippen molar-refractivity contribution >= 4 is 12.0 Å². The minimum Gasteiger partial charge on any atom is -0.440 e. The van der Waals surface area contributed by atoms with E-state index >= 15 is 0 Å². The third-order valence-electron chi connectivity index (χ3n) is 7.83. The van der Waals surface area contributed by atoms with E-state index in [4.69, 9.17) is 30.6 Å². The molecule has 0 aromatic carbocycles. The minimum atomic E-state index is -0.831. The largest absolute Gasteiger partial charge is 0.440 e. The normalized spacial score (nSPS) is 32.6. The molecule has 2 amide bonds. The zero-order chi connectivity index (χ0) is 26.8. The molecule has 4 fully saturated rings. The zero-order valence-electron chi connectivity index (χ0n) is 22.4. The van der Waals surface area contributed by atoms with Gasteiger partial charge < -0.3 is 39.2 Å². The average molecular weight is 524 g/mol. The van der Waals surface area contributed by atoms with E-state index in [2.05, 4.69) is 22.0 Å². The van der Waals surface area contributed by atoms with Crippen molar-refractivity contribution in [3.8, 4) is 0 Å². The van der Waals surface area contributed by atoms with Crippen LogP contribution in [0.15, 0.2) is 0 Å². The second-order valence-electron chi connectivity index (χ2n) is 11.2. The summed E-state index contributed by atoms with van der Waals surface area (Å²) in [5, 5.41) is 12.6. The Balaban J connectivity index is 1.30. The van der Waals surface area contributed by atoms with E-state index in [1.54, 1.807) is 25.8 Å². The molecule has 4 saturated heterocycles. The number of aliphatic hydroxyl groups is 1. The number of hydrogen-bond acceptors (Lipinski definition) is 9. The quantitative estimate of drug-likeness (QED) is 0.441. The number of nitrogens with zero attached hydrogens (tertiary/aromatic N) is 4. The molecule has 4 heterocycles. The molecule has 12 heteroatoms. The van der Waals surface area contributed by atoms with E-state index in [1.807, 2.05) is 0 Å². The van der Waals surface area contributed by atoms with E-state index in [0.29, 0.717) is 13.1 Å². The molecular formula is C25H41N5O7. The Labute approximate surface area is 218 Å². The number of amides is 2. The highest BCUT2D eigenvalue weighted by Gasteiger charge is 2.57. The maximum absolute atomic E-state index is 12.7. The molecular weight excluding hydrogens is 482 g/mol. The molecule has 0 spiro atoms. The summed E-state index contributed by atoms with van der Waals surface area (Å²) in [6.07, 6.45) is 0.265. The second kappa shape index (κ2) is 11.4. The molecule has 37 heavy (non-hydrogen) atoms. The van der Waals surface area contributed by atoms with Gasteiger partial charge >= 0.3 is 12.3 Å². The van der Waals surface area contributed by atoms with Gasteiger partial charge in [-0.3, -0.25) is 14.5 Å². The van der Waals surface area contributed by atoms with Gasteiger partial charge in [-0.1, -0.05) is 0 Å². The fourth-order valence-corrected chi connectivity index (χ4v) is 5.51. The number of piperidine rings is 1. The number of rotatable bonds is 8. The maximum atomic E-state index is 12.7. The van der Waals surface area contributed by atoms with Crippen LogP contribution in [0.3, 0.4) is 0 Å². The van der Waals surface area contributed by atoms with Crippen LogP contribution < -0.4 is 5.32 Å². The summed E-state index contributed by atoms with van der Waals surface area (Å²) in [6.45, 7) is 16.1. The Morgan fingerprint density at radius 2 is 1.95 bits per heavy atom. The van der Waals surface area contributed by atoms with Crippen LogP contribution in [-0.2, 0) is 23.7 Å². The topological polar surface area (TPSA) is 117 Å². The molecule has 0 unspecified atom stereocenters. The van der Waals surface area contributed by atoms with Gasteiger partial charge in [-0.05, 0) is 53.1 Å². The van der Waals surface area contributed by atoms with Gasteiger partial charge in [-0.2, -0.15) is 0 Å². The Morgan fingerprint density at radius 1 is 1.22 bits per heavy atom. The maximum Gasteiger partial charge on any atom is 0.410 e. The highest BCUT2D eigenvalue weighted by atomic mass is 16.8. The van der Waals surface area contributed by atoms with Crippen molar-refractivity contribution < 1.29 is 33.6 Å². The van der Waals surface area contributed by atoms with Crippen molar-refractivity contribution in [3.05, 3.63) is 11.4 Å². The van der Waals surface area contributed by atoms with Crippen LogP contribution in [0.4, 0.5) is 4.79 Å². The molecule has 208 valence electrons. The van der Waals surface area contributed by atoms with Gasteiger partial charge in [0.15, 0.2) is 24.3 Å². The molecule has 0 aromatic heterocycles. The number of hydrogen-bond donors (Lipinski definition) is 2. The fourth-order valence-electron chi connectivity index (χ4n) is 5.51. The first-order chi connectivity index (χ1) is 17.5. The SMILES string of the molecule is [C-]#[N+][C@@H]1CCCN1C(=O)CNC1(C)CCN(C[C@H]2O[C@@H]3OC(C)(C)O[C@@H]3[C@H]2OC(=O)N(C)CCO)CC1. The number of aliphatic hydroxyl groups excluding tert-OH is 1. The Kier molecular flexibility index (Phi) is 8.62. The summed E-state index contributed by atoms with van der Waals surface area (Å²) < 4.78 is 23.9. The lowest BCUT2D eigenvalue weighted by atomic mass is 9.89. The lowest BCUT2D eigenvalue weighted by Crippen LogP contribution is -2.55. The Hall–Kier alpha value is -2.01. The van der Waals surface area contributed by atoms with Crippen LogP contribution in [0.1, 0.15) is 46.5 Å². The van der Waals surface area contributed by atoms with Crippen molar-refractivity contribution in [2.45, 2.75) is 88.5 Å². The third-order valence-corrected chi connectivity index (χ3v) is 7.83. The van der Waals surface area contributed by atoms with Crippen molar-refractivity contribution in [2.75, 3.05) is 52.9 Å². The van der Waals surface area contributed by atoms with E-state index in [9.17, 15) is 9.59 Å². The summed E-state index contributed by atoms with van der Waals surface area (Å²) in [5.41, 5.74) is -0.179. The van der Waals surface area contributed by atoms with E-state index in [0.717, 1.165) is 38.8 Å². The van der Waals surface area contributed by atoms with E-state index in [1.165, 1.54) is 4.90 Å². The number of carbonyl (C=O) groups is 2. The summed E-state index contributed by atoms with van der Waals surface area (Å²) >= 11 is 0. The van der Waals surface area contributed by atoms with Crippen molar-refractivity contribution in [1.82, 2.24) is 20.0 Å². The molecule has 0 aliphatic carbocycles. The van der Waals surface area contributed by atoms with Crippen molar-refractivity contribution in [3.63, 3.8) is 0 Å². The minimum absolute atomic E-state index is 0.00759. The predicted octanol–water partition coefficient (Wildman–Crippen LogP) is 0.604.